The Hall–Kier alpha value is -2.38. The largest absolute Gasteiger partial charge is 0.467 e. The average molecular weight is 355 g/mol. The van der Waals surface area contributed by atoms with Crippen molar-refractivity contribution >= 4 is 16.9 Å². The fraction of sp³-hybridized carbons (Fsp3) is 0.474. The van der Waals surface area contributed by atoms with Gasteiger partial charge in [0.05, 0.1) is 31.4 Å². The van der Waals surface area contributed by atoms with E-state index in [9.17, 15) is 0 Å². The zero-order valence-electron chi connectivity index (χ0n) is 15.4. The number of morpholine rings is 1. The highest BCUT2D eigenvalue weighted by Gasteiger charge is 2.18. The third-order valence-corrected chi connectivity index (χ3v) is 5.16. The normalized spacial score (nSPS) is 15.6. The van der Waals surface area contributed by atoms with Crippen molar-refractivity contribution < 1.29 is 9.15 Å². The number of fused-ring (bicyclic) bond motifs is 1. The number of nitrogens with one attached hydrogen (secondary N) is 1. The lowest BCUT2D eigenvalue weighted by atomic mass is 10.2. The van der Waals surface area contributed by atoms with Gasteiger partial charge in [-0.3, -0.25) is 4.90 Å². The maximum absolute atomic E-state index is 5.44. The van der Waals surface area contributed by atoms with Gasteiger partial charge in [0.2, 0.25) is 0 Å². The van der Waals surface area contributed by atoms with Gasteiger partial charge >= 0.3 is 0 Å². The molecule has 0 unspecified atom stereocenters. The van der Waals surface area contributed by atoms with E-state index in [-0.39, 0.29) is 0 Å². The Morgan fingerprint density at radius 3 is 2.77 bits per heavy atom. The minimum atomic E-state index is 0.608. The number of aryl methyl sites for hydroxylation is 1. The first-order chi connectivity index (χ1) is 12.7. The smallest absolute Gasteiger partial charge is 0.145 e. The van der Waals surface area contributed by atoms with Crippen molar-refractivity contribution in [3.63, 3.8) is 0 Å². The third-order valence-electron chi connectivity index (χ3n) is 5.16. The fourth-order valence-electron chi connectivity index (χ4n) is 3.53. The molecule has 4 rings (SSSR count). The van der Waals surface area contributed by atoms with E-state index in [0.717, 1.165) is 62.0 Å². The number of rotatable bonds is 6. The van der Waals surface area contributed by atoms with Crippen molar-refractivity contribution in [2.24, 2.45) is 0 Å². The molecule has 138 valence electrons. The van der Waals surface area contributed by atoms with Gasteiger partial charge in [0.15, 0.2) is 0 Å². The molecule has 0 spiro atoms. The molecule has 3 aromatic heterocycles. The van der Waals surface area contributed by atoms with Crippen LogP contribution in [0.15, 0.2) is 29.1 Å². The van der Waals surface area contributed by atoms with Gasteiger partial charge in [-0.25, -0.2) is 9.97 Å². The Bertz CT molecular complexity index is 866. The molecule has 0 amide bonds. The molecular formula is C19H25N5O2. The molecule has 0 radical (unpaired) electrons. The summed E-state index contributed by atoms with van der Waals surface area (Å²) in [6, 6.07) is 3.85. The van der Waals surface area contributed by atoms with E-state index >= 15 is 0 Å². The highest BCUT2D eigenvalue weighted by Crippen LogP contribution is 2.29. The summed E-state index contributed by atoms with van der Waals surface area (Å²) in [5.41, 5.74) is 3.46. The zero-order chi connectivity index (χ0) is 17.9. The molecule has 1 saturated heterocycles. The number of nitrogens with zero attached hydrogens (tertiary/aromatic N) is 4. The van der Waals surface area contributed by atoms with Crippen molar-refractivity contribution in [3.8, 4) is 0 Å². The topological polar surface area (TPSA) is 68.3 Å². The molecule has 7 heteroatoms. The quantitative estimate of drug-likeness (QED) is 0.733. The highest BCUT2D eigenvalue weighted by atomic mass is 16.5. The average Bonchev–Trinajstić information content (AvgIpc) is 3.27. The molecule has 0 atom stereocenters. The minimum Gasteiger partial charge on any atom is -0.467 e. The zero-order valence-corrected chi connectivity index (χ0v) is 15.4. The summed E-state index contributed by atoms with van der Waals surface area (Å²) < 4.78 is 13.1. The van der Waals surface area contributed by atoms with Crippen LogP contribution in [0.1, 0.15) is 17.0 Å². The van der Waals surface area contributed by atoms with Crippen molar-refractivity contribution in [3.05, 3.63) is 41.7 Å². The Kier molecular flexibility index (Phi) is 4.90. The van der Waals surface area contributed by atoms with E-state index in [4.69, 9.17) is 9.15 Å². The van der Waals surface area contributed by atoms with Gasteiger partial charge < -0.3 is 19.0 Å². The monoisotopic (exact) mass is 355 g/mol. The molecule has 4 heterocycles. The molecule has 0 aromatic carbocycles. The van der Waals surface area contributed by atoms with E-state index in [0.29, 0.717) is 6.54 Å². The number of hydrogen-bond acceptors (Lipinski definition) is 6. The van der Waals surface area contributed by atoms with Crippen LogP contribution in [0.5, 0.6) is 0 Å². The Balaban J connectivity index is 1.58. The predicted octanol–water partition coefficient (Wildman–Crippen LogP) is 2.59. The molecule has 0 aliphatic carbocycles. The molecule has 1 aliphatic rings. The van der Waals surface area contributed by atoms with Crippen molar-refractivity contribution in [1.29, 1.82) is 0 Å². The maximum Gasteiger partial charge on any atom is 0.145 e. The summed E-state index contributed by atoms with van der Waals surface area (Å²) in [4.78, 5) is 11.5. The second kappa shape index (κ2) is 7.47. The number of aromatic nitrogens is 3. The third kappa shape index (κ3) is 3.32. The first kappa shape index (κ1) is 17.1. The van der Waals surface area contributed by atoms with Crippen molar-refractivity contribution in [2.45, 2.75) is 26.9 Å². The molecule has 1 fully saturated rings. The highest BCUT2D eigenvalue weighted by molar-refractivity contribution is 5.91. The summed E-state index contributed by atoms with van der Waals surface area (Å²) in [6.07, 6.45) is 3.32. The molecule has 26 heavy (non-hydrogen) atoms. The van der Waals surface area contributed by atoms with Gasteiger partial charge in [0.1, 0.15) is 23.6 Å². The van der Waals surface area contributed by atoms with Gasteiger partial charge in [0, 0.05) is 31.9 Å². The molecule has 1 aliphatic heterocycles. The molecule has 0 bridgehead atoms. The van der Waals surface area contributed by atoms with Crippen LogP contribution in [0.3, 0.4) is 0 Å². The van der Waals surface area contributed by atoms with Gasteiger partial charge in [-0.05, 0) is 31.5 Å². The summed E-state index contributed by atoms with van der Waals surface area (Å²) >= 11 is 0. The number of anilines is 1. The second-order valence-corrected chi connectivity index (χ2v) is 6.67. The van der Waals surface area contributed by atoms with E-state index in [2.05, 4.69) is 38.6 Å². The van der Waals surface area contributed by atoms with Gasteiger partial charge in [-0.2, -0.15) is 0 Å². The van der Waals surface area contributed by atoms with Crippen LogP contribution in [-0.4, -0.2) is 52.3 Å². The Labute approximate surface area is 153 Å². The van der Waals surface area contributed by atoms with E-state index in [1.165, 1.54) is 11.3 Å². The summed E-state index contributed by atoms with van der Waals surface area (Å²) in [5.74, 6) is 1.75. The van der Waals surface area contributed by atoms with Crippen LogP contribution in [0.4, 0.5) is 5.82 Å². The number of furan rings is 1. The van der Waals surface area contributed by atoms with E-state index < -0.39 is 0 Å². The fourth-order valence-corrected chi connectivity index (χ4v) is 3.53. The molecule has 3 aromatic rings. The maximum atomic E-state index is 5.44. The van der Waals surface area contributed by atoms with Crippen LogP contribution in [0, 0.1) is 13.8 Å². The van der Waals surface area contributed by atoms with Crippen LogP contribution < -0.4 is 5.32 Å². The molecule has 7 nitrogen and oxygen atoms in total. The summed E-state index contributed by atoms with van der Waals surface area (Å²) in [7, 11) is 0. The van der Waals surface area contributed by atoms with E-state index in [1.54, 1.807) is 12.6 Å². The second-order valence-electron chi connectivity index (χ2n) is 6.67. The Morgan fingerprint density at radius 2 is 2.00 bits per heavy atom. The first-order valence-corrected chi connectivity index (χ1v) is 9.11. The lowest BCUT2D eigenvalue weighted by molar-refractivity contribution is 0.0364. The number of ether oxygens (including phenoxy) is 1. The van der Waals surface area contributed by atoms with Crippen LogP contribution in [0.2, 0.25) is 0 Å². The SMILES string of the molecule is Cc1c(C)n(CCN2CCOCC2)c2ncnc(NCc3ccco3)c12. The number of hydrogen-bond donors (Lipinski definition) is 1. The molecule has 0 saturated carbocycles. The van der Waals surface area contributed by atoms with Gasteiger partial charge in [0.25, 0.3) is 0 Å². The predicted molar refractivity (Wildman–Crippen MR) is 100 cm³/mol. The summed E-state index contributed by atoms with van der Waals surface area (Å²) in [5, 5.41) is 4.49. The van der Waals surface area contributed by atoms with Crippen molar-refractivity contribution in [2.75, 3.05) is 38.2 Å². The lowest BCUT2D eigenvalue weighted by Crippen LogP contribution is -2.38. The minimum absolute atomic E-state index is 0.608. The van der Waals surface area contributed by atoms with Crippen molar-refractivity contribution in [1.82, 2.24) is 19.4 Å². The van der Waals surface area contributed by atoms with Gasteiger partial charge in [-0.1, -0.05) is 0 Å². The standard InChI is InChI=1S/C19H25N5O2/c1-14-15(2)24(6-5-23-7-10-25-11-8-23)19-17(14)18(21-13-22-19)20-12-16-4-3-9-26-16/h3-4,9,13H,5-8,10-12H2,1-2H3,(H,20,21,22). The van der Waals surface area contributed by atoms with Crippen LogP contribution >= 0.6 is 0 Å². The summed E-state index contributed by atoms with van der Waals surface area (Å²) in [6.45, 7) is 10.5. The Morgan fingerprint density at radius 1 is 1.15 bits per heavy atom. The molecule has 1 N–H and O–H groups in total. The van der Waals surface area contributed by atoms with E-state index in [1.807, 2.05) is 12.1 Å². The first-order valence-electron chi connectivity index (χ1n) is 9.11. The van der Waals surface area contributed by atoms with Crippen LogP contribution in [0.25, 0.3) is 11.0 Å². The molecular weight excluding hydrogens is 330 g/mol. The van der Waals surface area contributed by atoms with Gasteiger partial charge in [-0.15, -0.1) is 0 Å². The van der Waals surface area contributed by atoms with Crippen LogP contribution in [-0.2, 0) is 17.8 Å². The lowest BCUT2D eigenvalue weighted by Gasteiger charge is -2.26.